The maximum atomic E-state index is 14.6. The molecule has 3 fully saturated rings. The molecule has 0 spiro atoms. The van der Waals surface area contributed by atoms with Gasteiger partial charge in [0.2, 0.25) is 17.5 Å². The lowest BCUT2D eigenvalue weighted by atomic mass is 9.34. The minimum absolute atomic E-state index is 0.0571. The molecule has 6 heteroatoms. The Morgan fingerprint density at radius 2 is 1.70 bits per heavy atom. The molecule has 6 rings (SSSR count). The van der Waals surface area contributed by atoms with Gasteiger partial charge in [-0.2, -0.15) is 0 Å². The average Bonchev–Trinajstić information content (AvgIpc) is 3.37. The number of aromatic nitrogens is 2. The van der Waals surface area contributed by atoms with Crippen LogP contribution >= 0.6 is 0 Å². The van der Waals surface area contributed by atoms with Gasteiger partial charge in [0, 0.05) is 23.2 Å². The number of ketones is 2. The summed E-state index contributed by atoms with van der Waals surface area (Å²) in [5.74, 6) is 1.64. The highest BCUT2D eigenvalue weighted by Gasteiger charge is 2.70. The van der Waals surface area contributed by atoms with Gasteiger partial charge in [0.1, 0.15) is 0 Å². The summed E-state index contributed by atoms with van der Waals surface area (Å²) in [6.45, 7) is 25.5. The summed E-state index contributed by atoms with van der Waals surface area (Å²) in [7, 11) is 0. The second-order valence-corrected chi connectivity index (χ2v) is 15.7. The van der Waals surface area contributed by atoms with Crippen molar-refractivity contribution in [1.82, 2.24) is 10.2 Å². The third-order valence-electron chi connectivity index (χ3n) is 13.0. The third kappa shape index (κ3) is 3.27. The summed E-state index contributed by atoms with van der Waals surface area (Å²) in [5, 5.41) is 8.98. The highest BCUT2D eigenvalue weighted by atomic mass is 16.4. The van der Waals surface area contributed by atoms with Crippen molar-refractivity contribution in [2.24, 2.45) is 44.8 Å². The Morgan fingerprint density at radius 1 is 1.00 bits per heavy atom. The first-order valence-corrected chi connectivity index (χ1v) is 15.3. The Balaban J connectivity index is 1.53. The standard InChI is InChI=1S/C34H45N3O3/c1-10-25-36-37-28(40-25)34-15-13-29(2,3)18-20(34)26-22(38)17-24-31(6)19-21(35-9)27(39)30(4,5)23(31)11-12-32(24,7)33(26,8)14-16-34/h17,19-20,23,26H,10-16,18H2,1-8H3/t20-,23-,26-,31-,32+,33+,34-/m0/s1. The lowest BCUT2D eigenvalue weighted by molar-refractivity contribution is -0.161. The van der Waals surface area contributed by atoms with Crippen molar-refractivity contribution in [1.29, 1.82) is 0 Å². The van der Waals surface area contributed by atoms with Crippen LogP contribution in [-0.4, -0.2) is 21.8 Å². The van der Waals surface area contributed by atoms with Gasteiger partial charge < -0.3 is 9.21 Å². The van der Waals surface area contributed by atoms with Gasteiger partial charge in [0.05, 0.1) is 12.0 Å². The van der Waals surface area contributed by atoms with E-state index in [0.717, 1.165) is 56.4 Å². The van der Waals surface area contributed by atoms with Gasteiger partial charge in [0.15, 0.2) is 11.6 Å². The van der Waals surface area contributed by atoms with Gasteiger partial charge in [-0.3, -0.25) is 4.79 Å². The number of nitrogens with zero attached hydrogens (tertiary/aromatic N) is 3. The number of allylic oxidation sites excluding steroid dienone is 4. The van der Waals surface area contributed by atoms with E-state index in [2.05, 4.69) is 49.7 Å². The van der Waals surface area contributed by atoms with E-state index in [1.54, 1.807) is 0 Å². The zero-order chi connectivity index (χ0) is 29.1. The smallest absolute Gasteiger partial charge is 0.226 e. The van der Waals surface area contributed by atoms with E-state index in [1.165, 1.54) is 0 Å². The summed E-state index contributed by atoms with van der Waals surface area (Å²) in [4.78, 5) is 31.6. The fourth-order valence-electron chi connectivity index (χ4n) is 10.6. The number of rotatable bonds is 2. The van der Waals surface area contributed by atoms with E-state index in [1.807, 2.05) is 32.9 Å². The third-order valence-corrected chi connectivity index (χ3v) is 13.0. The summed E-state index contributed by atoms with van der Waals surface area (Å²) in [5.41, 5.74) is -0.356. The molecule has 0 unspecified atom stereocenters. The van der Waals surface area contributed by atoms with Gasteiger partial charge in [-0.15, -0.1) is 10.2 Å². The monoisotopic (exact) mass is 543 g/mol. The highest BCUT2D eigenvalue weighted by Crippen LogP contribution is 2.74. The minimum Gasteiger partial charge on any atom is -0.425 e. The molecule has 0 bridgehead atoms. The molecular formula is C34H45N3O3. The molecule has 0 aromatic carbocycles. The average molecular weight is 544 g/mol. The van der Waals surface area contributed by atoms with Crippen LogP contribution in [0.25, 0.3) is 4.85 Å². The molecular weight excluding hydrogens is 498 g/mol. The Bertz CT molecular complexity index is 1410. The first-order chi connectivity index (χ1) is 18.6. The van der Waals surface area contributed by atoms with E-state index in [4.69, 9.17) is 11.0 Å². The van der Waals surface area contributed by atoms with Crippen LogP contribution in [0.1, 0.15) is 112 Å². The van der Waals surface area contributed by atoms with Crippen molar-refractivity contribution in [3.63, 3.8) is 0 Å². The molecule has 1 aromatic heterocycles. The number of hydrogen-bond donors (Lipinski definition) is 0. The van der Waals surface area contributed by atoms with Crippen LogP contribution in [0.2, 0.25) is 0 Å². The SMILES string of the molecule is [C-]#[N+]C1=C[C@]2(C)C3=CC(=O)[C@@H]4[C@@H]5CC(C)(C)CC[C@]5(c5nnc(CC)o5)CC[C@@]4(C)[C@]3(C)CC[C@H]2C(C)(C)C1=O. The summed E-state index contributed by atoms with van der Waals surface area (Å²) >= 11 is 0. The maximum Gasteiger partial charge on any atom is 0.226 e. The summed E-state index contributed by atoms with van der Waals surface area (Å²) in [6, 6.07) is 0. The molecule has 5 aliphatic rings. The van der Waals surface area contributed by atoms with E-state index in [0.29, 0.717) is 12.3 Å². The first-order valence-electron chi connectivity index (χ1n) is 15.3. The zero-order valence-corrected chi connectivity index (χ0v) is 25.6. The molecule has 40 heavy (non-hydrogen) atoms. The molecule has 214 valence electrons. The van der Waals surface area contributed by atoms with E-state index >= 15 is 0 Å². The number of fused-ring (bicyclic) bond motifs is 7. The van der Waals surface area contributed by atoms with Crippen molar-refractivity contribution in [2.45, 2.75) is 112 Å². The second-order valence-electron chi connectivity index (χ2n) is 15.7. The van der Waals surface area contributed by atoms with Gasteiger partial charge in [-0.25, -0.2) is 4.85 Å². The van der Waals surface area contributed by atoms with Crippen molar-refractivity contribution < 1.29 is 14.0 Å². The number of aryl methyl sites for hydroxylation is 1. The normalized spacial score (nSPS) is 43.3. The van der Waals surface area contributed by atoms with Crippen LogP contribution in [0.4, 0.5) is 0 Å². The maximum absolute atomic E-state index is 14.6. The molecule has 0 N–H and O–H groups in total. The number of carbonyl (C=O) groups excluding carboxylic acids is 2. The van der Waals surface area contributed by atoms with Gasteiger partial charge in [-0.05, 0) is 79.1 Å². The Kier molecular flexibility index (Phi) is 5.70. The molecule has 3 saturated carbocycles. The lowest BCUT2D eigenvalue weighted by Crippen LogP contribution is -2.65. The molecule has 0 aliphatic heterocycles. The van der Waals surface area contributed by atoms with Crippen LogP contribution < -0.4 is 0 Å². The molecule has 6 nitrogen and oxygen atoms in total. The molecule has 0 radical (unpaired) electrons. The number of hydrogen-bond acceptors (Lipinski definition) is 5. The Morgan fingerprint density at radius 3 is 2.35 bits per heavy atom. The summed E-state index contributed by atoms with van der Waals surface area (Å²) in [6.07, 6.45) is 11.3. The fourth-order valence-corrected chi connectivity index (χ4v) is 10.6. The second kappa shape index (κ2) is 8.26. The molecule has 0 saturated heterocycles. The quantitative estimate of drug-likeness (QED) is 0.362. The van der Waals surface area contributed by atoms with E-state index < -0.39 is 10.8 Å². The molecule has 7 atom stereocenters. The van der Waals surface area contributed by atoms with E-state index in [-0.39, 0.29) is 56.7 Å². The minimum atomic E-state index is -0.642. The molecule has 0 amide bonds. The predicted molar refractivity (Wildman–Crippen MR) is 153 cm³/mol. The topological polar surface area (TPSA) is 77.4 Å². The van der Waals surface area contributed by atoms with Crippen LogP contribution in [-0.2, 0) is 21.4 Å². The first kappa shape index (κ1) is 27.6. The van der Waals surface area contributed by atoms with Gasteiger partial charge >= 0.3 is 0 Å². The predicted octanol–water partition coefficient (Wildman–Crippen LogP) is 7.46. The van der Waals surface area contributed by atoms with Crippen LogP contribution in [0.3, 0.4) is 0 Å². The fraction of sp³-hybridized carbons (Fsp3) is 0.735. The van der Waals surface area contributed by atoms with Crippen molar-refractivity contribution >= 4 is 11.6 Å². The van der Waals surface area contributed by atoms with Crippen molar-refractivity contribution in [3.05, 3.63) is 46.6 Å². The van der Waals surface area contributed by atoms with Crippen molar-refractivity contribution in [2.75, 3.05) is 0 Å². The van der Waals surface area contributed by atoms with E-state index in [9.17, 15) is 9.59 Å². The molecule has 5 aliphatic carbocycles. The number of Topliss-reactive ketones (excluding diaryl/α,β-unsaturated/α-hetero) is 1. The van der Waals surface area contributed by atoms with Gasteiger partial charge in [0.25, 0.3) is 0 Å². The largest absolute Gasteiger partial charge is 0.425 e. The zero-order valence-electron chi connectivity index (χ0n) is 25.6. The van der Waals surface area contributed by atoms with Crippen LogP contribution in [0.5, 0.6) is 0 Å². The Labute approximate surface area is 239 Å². The van der Waals surface area contributed by atoms with Crippen LogP contribution in [0.15, 0.2) is 27.8 Å². The van der Waals surface area contributed by atoms with Crippen LogP contribution in [0, 0.1) is 51.4 Å². The Hall–Kier alpha value is -2.55. The van der Waals surface area contributed by atoms with Crippen molar-refractivity contribution in [3.8, 4) is 0 Å². The van der Waals surface area contributed by atoms with Gasteiger partial charge in [-0.1, -0.05) is 67.0 Å². The highest BCUT2D eigenvalue weighted by molar-refractivity contribution is 6.03. The number of carbonyl (C=O) groups is 2. The molecule has 1 heterocycles. The molecule has 1 aromatic rings. The lowest BCUT2D eigenvalue weighted by Gasteiger charge is -2.69. The summed E-state index contributed by atoms with van der Waals surface area (Å²) < 4.78 is 6.31.